The molecule has 4 heteroatoms. The highest BCUT2D eigenvalue weighted by Gasteiger charge is 2.53. The molecule has 0 aromatic carbocycles. The number of rotatable bonds is 6. The molecular formula is C16H28N4. The summed E-state index contributed by atoms with van der Waals surface area (Å²) in [6.45, 7) is 9.97. The summed E-state index contributed by atoms with van der Waals surface area (Å²) in [5.74, 6) is 3.17. The lowest BCUT2D eigenvalue weighted by atomic mass is 9.79. The predicted molar refractivity (Wildman–Crippen MR) is 80.5 cm³/mol. The molecule has 0 bridgehead atoms. The quantitative estimate of drug-likeness (QED) is 0.869. The first-order chi connectivity index (χ1) is 9.49. The van der Waals surface area contributed by atoms with Gasteiger partial charge in [-0.3, -0.25) is 0 Å². The Morgan fingerprint density at radius 2 is 2.00 bits per heavy atom. The van der Waals surface area contributed by atoms with Gasteiger partial charge in [0.2, 0.25) is 0 Å². The van der Waals surface area contributed by atoms with Crippen LogP contribution >= 0.6 is 0 Å². The van der Waals surface area contributed by atoms with Gasteiger partial charge in [-0.2, -0.15) is 5.10 Å². The molecule has 4 nitrogen and oxygen atoms in total. The van der Waals surface area contributed by atoms with Gasteiger partial charge in [-0.25, -0.2) is 9.67 Å². The van der Waals surface area contributed by atoms with Crippen LogP contribution in [0.3, 0.4) is 0 Å². The summed E-state index contributed by atoms with van der Waals surface area (Å²) in [4.78, 5) is 4.54. The van der Waals surface area contributed by atoms with E-state index in [2.05, 4.69) is 47.8 Å². The van der Waals surface area contributed by atoms with Crippen LogP contribution in [0.2, 0.25) is 0 Å². The molecule has 112 valence electrons. The molecular weight excluding hydrogens is 248 g/mol. The van der Waals surface area contributed by atoms with Crippen LogP contribution in [0, 0.1) is 17.3 Å². The van der Waals surface area contributed by atoms with Gasteiger partial charge in [0, 0.05) is 25.0 Å². The molecule has 3 rings (SSSR count). The van der Waals surface area contributed by atoms with Crippen molar-refractivity contribution in [3.8, 4) is 0 Å². The molecule has 2 saturated carbocycles. The van der Waals surface area contributed by atoms with Crippen LogP contribution in [0.4, 0.5) is 0 Å². The minimum atomic E-state index is 0.401. The Morgan fingerprint density at radius 3 is 2.60 bits per heavy atom. The fraction of sp³-hybridized carbons (Fsp3) is 0.875. The minimum absolute atomic E-state index is 0.401. The largest absolute Gasteiger partial charge is 0.314 e. The Kier molecular flexibility index (Phi) is 3.61. The molecule has 2 atom stereocenters. The molecule has 2 unspecified atom stereocenters. The van der Waals surface area contributed by atoms with E-state index in [-0.39, 0.29) is 0 Å². The van der Waals surface area contributed by atoms with Gasteiger partial charge in [0.15, 0.2) is 0 Å². The van der Waals surface area contributed by atoms with Crippen molar-refractivity contribution >= 4 is 0 Å². The normalized spacial score (nSPS) is 32.1. The fourth-order valence-corrected chi connectivity index (χ4v) is 3.95. The van der Waals surface area contributed by atoms with Crippen LogP contribution in [-0.4, -0.2) is 27.4 Å². The number of aromatic nitrogens is 3. The zero-order chi connectivity index (χ0) is 14.3. The Labute approximate surface area is 122 Å². The lowest BCUT2D eigenvalue weighted by Crippen LogP contribution is -2.39. The lowest BCUT2D eigenvalue weighted by molar-refractivity contribution is 0.231. The molecule has 1 heterocycles. The van der Waals surface area contributed by atoms with E-state index in [1.165, 1.54) is 25.1 Å². The number of fused-ring (bicyclic) bond motifs is 1. The minimum Gasteiger partial charge on any atom is -0.314 e. The van der Waals surface area contributed by atoms with Gasteiger partial charge in [-0.15, -0.1) is 0 Å². The first-order valence-electron chi connectivity index (χ1n) is 8.11. The summed E-state index contributed by atoms with van der Waals surface area (Å²) in [5, 5.41) is 8.07. The summed E-state index contributed by atoms with van der Waals surface area (Å²) in [6, 6.07) is 0.963. The number of hydrogen-bond acceptors (Lipinski definition) is 3. The number of hydrogen-bond donors (Lipinski definition) is 1. The Bertz CT molecular complexity index is 453. The van der Waals surface area contributed by atoms with Crippen LogP contribution in [0.1, 0.15) is 58.8 Å². The predicted octanol–water partition coefficient (Wildman–Crippen LogP) is 2.82. The molecule has 0 amide bonds. The maximum atomic E-state index is 4.54. The van der Waals surface area contributed by atoms with Crippen molar-refractivity contribution in [2.45, 2.75) is 65.5 Å². The van der Waals surface area contributed by atoms with Crippen molar-refractivity contribution in [2.24, 2.45) is 17.3 Å². The smallest absolute Gasteiger partial charge is 0.138 e. The number of nitrogens with zero attached hydrogens (tertiary/aromatic N) is 3. The summed E-state index contributed by atoms with van der Waals surface area (Å²) < 4.78 is 2.10. The van der Waals surface area contributed by atoms with E-state index >= 15 is 0 Å². The van der Waals surface area contributed by atoms with Crippen molar-refractivity contribution in [2.75, 3.05) is 6.54 Å². The molecule has 0 saturated heterocycles. The molecule has 1 aromatic rings. The van der Waals surface area contributed by atoms with Gasteiger partial charge >= 0.3 is 0 Å². The molecule has 0 radical (unpaired) electrons. The van der Waals surface area contributed by atoms with Gasteiger partial charge in [0.25, 0.3) is 0 Å². The highest BCUT2D eigenvalue weighted by Crippen LogP contribution is 2.60. The van der Waals surface area contributed by atoms with E-state index in [0.29, 0.717) is 17.5 Å². The van der Waals surface area contributed by atoms with Gasteiger partial charge in [-0.05, 0) is 50.4 Å². The second kappa shape index (κ2) is 5.14. The highest BCUT2D eigenvalue weighted by molar-refractivity contribution is 5.08. The Morgan fingerprint density at radius 1 is 1.30 bits per heavy atom. The molecule has 0 spiro atoms. The van der Waals surface area contributed by atoms with Crippen LogP contribution in [0.15, 0.2) is 6.33 Å². The van der Waals surface area contributed by atoms with E-state index < -0.39 is 0 Å². The first kappa shape index (κ1) is 14.1. The third-order valence-electron chi connectivity index (χ3n) is 5.01. The fourth-order valence-electron chi connectivity index (χ4n) is 3.95. The van der Waals surface area contributed by atoms with Crippen molar-refractivity contribution in [1.82, 2.24) is 20.1 Å². The summed E-state index contributed by atoms with van der Waals surface area (Å²) in [5.41, 5.74) is 0.414. The number of nitrogens with one attached hydrogen (secondary N) is 1. The van der Waals surface area contributed by atoms with Gasteiger partial charge in [0.1, 0.15) is 12.2 Å². The van der Waals surface area contributed by atoms with Crippen LogP contribution in [0.5, 0.6) is 0 Å². The maximum absolute atomic E-state index is 4.54. The Hall–Kier alpha value is -0.900. The summed E-state index contributed by atoms with van der Waals surface area (Å²) in [6.07, 6.45) is 7.03. The zero-order valence-corrected chi connectivity index (χ0v) is 13.3. The second-order valence-electron chi connectivity index (χ2n) is 7.59. The van der Waals surface area contributed by atoms with E-state index in [4.69, 9.17) is 0 Å². The molecule has 20 heavy (non-hydrogen) atoms. The zero-order valence-electron chi connectivity index (χ0n) is 13.3. The van der Waals surface area contributed by atoms with Gasteiger partial charge in [-0.1, -0.05) is 13.8 Å². The maximum Gasteiger partial charge on any atom is 0.138 e. The van der Waals surface area contributed by atoms with Crippen molar-refractivity contribution in [3.05, 3.63) is 12.2 Å². The first-order valence-corrected chi connectivity index (χ1v) is 8.11. The topological polar surface area (TPSA) is 42.7 Å². The molecule has 2 fully saturated rings. The summed E-state index contributed by atoms with van der Waals surface area (Å²) >= 11 is 0. The van der Waals surface area contributed by atoms with E-state index in [0.717, 1.165) is 24.8 Å². The third kappa shape index (κ3) is 2.76. The van der Waals surface area contributed by atoms with E-state index in [1.807, 2.05) is 0 Å². The second-order valence-corrected chi connectivity index (χ2v) is 7.59. The lowest BCUT2D eigenvalue weighted by Gasteiger charge is -2.32. The van der Waals surface area contributed by atoms with Crippen molar-refractivity contribution in [3.63, 3.8) is 0 Å². The third-order valence-corrected chi connectivity index (χ3v) is 5.01. The SMILES string of the molecule is CC(C)NCC1(Cc2ncnn2C(C)C)CC2CC2C1. The average molecular weight is 276 g/mol. The Balaban J connectivity index is 1.74. The van der Waals surface area contributed by atoms with Gasteiger partial charge < -0.3 is 5.32 Å². The highest BCUT2D eigenvalue weighted by atomic mass is 15.3. The summed E-state index contributed by atoms with van der Waals surface area (Å²) in [7, 11) is 0. The van der Waals surface area contributed by atoms with E-state index in [9.17, 15) is 0 Å². The standard InChI is InChI=1S/C16H28N4/c1-11(2)17-9-16(6-13-5-14(13)7-16)8-15-18-10-19-20(15)12(3)4/h10-14,17H,5-9H2,1-4H3. The van der Waals surface area contributed by atoms with E-state index in [1.54, 1.807) is 6.33 Å². The van der Waals surface area contributed by atoms with Crippen LogP contribution in [0.25, 0.3) is 0 Å². The molecule has 2 aliphatic rings. The monoisotopic (exact) mass is 276 g/mol. The van der Waals surface area contributed by atoms with Crippen molar-refractivity contribution < 1.29 is 0 Å². The molecule has 1 N–H and O–H groups in total. The van der Waals surface area contributed by atoms with Crippen molar-refractivity contribution in [1.29, 1.82) is 0 Å². The van der Waals surface area contributed by atoms with Crippen LogP contribution < -0.4 is 5.32 Å². The van der Waals surface area contributed by atoms with Crippen LogP contribution in [-0.2, 0) is 6.42 Å². The average Bonchev–Trinajstić information content (AvgIpc) is 2.82. The molecule has 1 aromatic heterocycles. The van der Waals surface area contributed by atoms with Gasteiger partial charge in [0.05, 0.1) is 0 Å². The molecule has 2 aliphatic carbocycles. The molecule has 0 aliphatic heterocycles.